The summed E-state index contributed by atoms with van der Waals surface area (Å²) in [5.41, 5.74) is 3.35. The zero-order valence-corrected chi connectivity index (χ0v) is 15.9. The lowest BCUT2D eigenvalue weighted by Gasteiger charge is -2.15. The Balaban J connectivity index is 1.52. The van der Waals surface area contributed by atoms with Gasteiger partial charge in [0.05, 0.1) is 17.5 Å². The number of hydrogen-bond donors (Lipinski definition) is 0. The highest BCUT2D eigenvalue weighted by molar-refractivity contribution is 5.46. The Kier molecular flexibility index (Phi) is 4.80. The molecule has 7 heteroatoms. The van der Waals surface area contributed by atoms with E-state index < -0.39 is 0 Å². The van der Waals surface area contributed by atoms with Crippen molar-refractivity contribution in [3.05, 3.63) is 63.5 Å². The van der Waals surface area contributed by atoms with Crippen molar-refractivity contribution in [3.8, 4) is 0 Å². The summed E-state index contributed by atoms with van der Waals surface area (Å²) in [4.78, 5) is 19.4. The maximum Gasteiger partial charge on any atom is 0.258 e. The molecule has 1 fully saturated rings. The van der Waals surface area contributed by atoms with E-state index in [4.69, 9.17) is 14.2 Å². The third kappa shape index (κ3) is 3.65. The molecule has 1 aliphatic heterocycles. The average Bonchev–Trinajstić information content (AvgIpc) is 3.22. The molecule has 0 aliphatic carbocycles. The number of pyridine rings is 1. The molecule has 1 aliphatic rings. The molecule has 0 saturated carbocycles. The molecule has 0 spiro atoms. The highest BCUT2D eigenvalue weighted by Crippen LogP contribution is 2.25. The van der Waals surface area contributed by atoms with Gasteiger partial charge in [-0.15, -0.1) is 0 Å². The predicted molar refractivity (Wildman–Crippen MR) is 101 cm³/mol. The van der Waals surface area contributed by atoms with Crippen LogP contribution in [0.1, 0.15) is 22.7 Å². The summed E-state index contributed by atoms with van der Waals surface area (Å²) in [5.74, 6) is 1.21. The summed E-state index contributed by atoms with van der Waals surface area (Å²) in [5, 5.41) is 3.97. The molecule has 27 heavy (non-hydrogen) atoms. The lowest BCUT2D eigenvalue weighted by Crippen LogP contribution is -2.25. The van der Waals surface area contributed by atoms with Crippen molar-refractivity contribution in [1.82, 2.24) is 19.4 Å². The Bertz CT molecular complexity index is 1010. The van der Waals surface area contributed by atoms with Crippen LogP contribution in [0.3, 0.4) is 0 Å². The van der Waals surface area contributed by atoms with E-state index >= 15 is 0 Å². The maximum absolute atomic E-state index is 12.4. The molecule has 0 aromatic carbocycles. The molecule has 4 rings (SSSR count). The summed E-state index contributed by atoms with van der Waals surface area (Å²) in [6.45, 7) is 6.20. The summed E-state index contributed by atoms with van der Waals surface area (Å²) < 4.78 is 12.7. The number of methoxy groups -OCH3 is 1. The van der Waals surface area contributed by atoms with Crippen LogP contribution in [0.2, 0.25) is 0 Å². The van der Waals surface area contributed by atoms with Crippen LogP contribution >= 0.6 is 0 Å². The van der Waals surface area contributed by atoms with Gasteiger partial charge < -0.3 is 9.26 Å². The molecule has 3 aromatic rings. The molecule has 0 N–H and O–H groups in total. The third-order valence-corrected chi connectivity index (χ3v) is 5.22. The summed E-state index contributed by atoms with van der Waals surface area (Å²) >= 11 is 0. The molecule has 4 heterocycles. The van der Waals surface area contributed by atoms with Crippen molar-refractivity contribution in [3.63, 3.8) is 0 Å². The minimum Gasteiger partial charge on any atom is -0.380 e. The van der Waals surface area contributed by atoms with Crippen molar-refractivity contribution in [1.29, 1.82) is 0 Å². The van der Waals surface area contributed by atoms with Crippen molar-refractivity contribution >= 4 is 5.65 Å². The molecule has 2 atom stereocenters. The molecule has 142 valence electrons. The van der Waals surface area contributed by atoms with Crippen LogP contribution in [-0.2, 0) is 17.7 Å². The topological polar surface area (TPSA) is 72.9 Å². The predicted octanol–water partition coefficient (Wildman–Crippen LogP) is 1.99. The first-order chi connectivity index (χ1) is 13.0. The standard InChI is InChI=1S/C20H24N4O3/c1-13-5-4-6-24-19(25)9-16(21-20(13)24)11-23-10-15(18(12-23)26-3)8-17-7-14(2)22-27-17/h4-7,9,15,18H,8,10-12H2,1-3H3/t15-,18+/m1/s1. The van der Waals surface area contributed by atoms with Crippen molar-refractivity contribution in [2.75, 3.05) is 20.2 Å². The second-order valence-corrected chi connectivity index (χ2v) is 7.34. The molecule has 0 radical (unpaired) electrons. The van der Waals surface area contributed by atoms with Gasteiger partial charge in [-0.05, 0) is 25.5 Å². The minimum atomic E-state index is -0.0464. The van der Waals surface area contributed by atoms with Gasteiger partial charge in [0.1, 0.15) is 11.4 Å². The number of nitrogens with zero attached hydrogens (tertiary/aromatic N) is 4. The van der Waals surface area contributed by atoms with E-state index in [1.807, 2.05) is 32.0 Å². The van der Waals surface area contributed by atoms with E-state index in [2.05, 4.69) is 10.1 Å². The van der Waals surface area contributed by atoms with Crippen molar-refractivity contribution < 1.29 is 9.26 Å². The Morgan fingerprint density at radius 1 is 1.30 bits per heavy atom. The van der Waals surface area contributed by atoms with Crippen LogP contribution in [0, 0.1) is 19.8 Å². The Labute approximate surface area is 157 Å². The number of rotatable bonds is 5. The molecular formula is C20H24N4O3. The van der Waals surface area contributed by atoms with Gasteiger partial charge in [0, 0.05) is 57.4 Å². The number of aromatic nitrogens is 3. The van der Waals surface area contributed by atoms with Crippen LogP contribution in [0.4, 0.5) is 0 Å². The molecular weight excluding hydrogens is 344 g/mol. The van der Waals surface area contributed by atoms with Gasteiger partial charge in [0.15, 0.2) is 0 Å². The first kappa shape index (κ1) is 17.9. The van der Waals surface area contributed by atoms with Crippen molar-refractivity contribution in [2.24, 2.45) is 5.92 Å². The maximum atomic E-state index is 12.4. The molecule has 3 aromatic heterocycles. The second-order valence-electron chi connectivity index (χ2n) is 7.34. The summed E-state index contributed by atoms with van der Waals surface area (Å²) in [6, 6.07) is 7.44. The van der Waals surface area contributed by atoms with E-state index in [0.717, 1.165) is 47.9 Å². The van der Waals surface area contributed by atoms with Crippen LogP contribution in [0.15, 0.2) is 39.8 Å². The monoisotopic (exact) mass is 368 g/mol. The van der Waals surface area contributed by atoms with Gasteiger partial charge in [-0.2, -0.15) is 0 Å². The fourth-order valence-electron chi connectivity index (χ4n) is 3.91. The Hall–Kier alpha value is -2.51. The molecule has 0 amide bonds. The first-order valence-corrected chi connectivity index (χ1v) is 9.18. The van der Waals surface area contributed by atoms with Gasteiger partial charge in [0.25, 0.3) is 5.56 Å². The fourth-order valence-corrected chi connectivity index (χ4v) is 3.91. The van der Waals surface area contributed by atoms with Crippen LogP contribution in [0.5, 0.6) is 0 Å². The summed E-state index contributed by atoms with van der Waals surface area (Å²) in [7, 11) is 1.75. The number of aryl methyl sites for hydroxylation is 2. The third-order valence-electron chi connectivity index (χ3n) is 5.22. The van der Waals surface area contributed by atoms with Gasteiger partial charge in [0.2, 0.25) is 0 Å². The van der Waals surface area contributed by atoms with E-state index in [1.54, 1.807) is 23.8 Å². The average molecular weight is 368 g/mol. The van der Waals surface area contributed by atoms with Gasteiger partial charge in [-0.3, -0.25) is 14.1 Å². The smallest absolute Gasteiger partial charge is 0.258 e. The van der Waals surface area contributed by atoms with Crippen LogP contribution in [-0.4, -0.2) is 45.7 Å². The second kappa shape index (κ2) is 7.25. The number of fused-ring (bicyclic) bond motifs is 1. The minimum absolute atomic E-state index is 0.0464. The zero-order valence-electron chi connectivity index (χ0n) is 15.9. The lowest BCUT2D eigenvalue weighted by molar-refractivity contribution is 0.0761. The number of hydrogen-bond acceptors (Lipinski definition) is 6. The first-order valence-electron chi connectivity index (χ1n) is 9.18. The normalized spacial score (nSPS) is 20.6. The molecule has 7 nitrogen and oxygen atoms in total. The SMILES string of the molecule is CO[C@H]1CN(Cc2cc(=O)n3cccc(C)c3n2)C[C@H]1Cc1cc(C)no1. The molecule has 0 bridgehead atoms. The quantitative estimate of drug-likeness (QED) is 0.686. The highest BCUT2D eigenvalue weighted by atomic mass is 16.5. The summed E-state index contributed by atoms with van der Waals surface area (Å²) in [6.07, 6.45) is 2.68. The van der Waals surface area contributed by atoms with E-state index in [0.29, 0.717) is 12.5 Å². The zero-order chi connectivity index (χ0) is 19.0. The lowest BCUT2D eigenvalue weighted by atomic mass is 10.0. The van der Waals surface area contributed by atoms with Crippen LogP contribution < -0.4 is 5.56 Å². The van der Waals surface area contributed by atoms with E-state index in [9.17, 15) is 4.79 Å². The Morgan fingerprint density at radius 3 is 2.89 bits per heavy atom. The van der Waals surface area contributed by atoms with E-state index in [1.165, 1.54) is 0 Å². The van der Waals surface area contributed by atoms with Gasteiger partial charge in [-0.1, -0.05) is 11.2 Å². The highest BCUT2D eigenvalue weighted by Gasteiger charge is 2.34. The van der Waals surface area contributed by atoms with Gasteiger partial charge in [-0.25, -0.2) is 4.98 Å². The van der Waals surface area contributed by atoms with Gasteiger partial charge >= 0.3 is 0 Å². The molecule has 0 unspecified atom stereocenters. The number of ether oxygens (including phenoxy) is 1. The van der Waals surface area contributed by atoms with Crippen LogP contribution in [0.25, 0.3) is 5.65 Å². The Morgan fingerprint density at radius 2 is 2.15 bits per heavy atom. The largest absolute Gasteiger partial charge is 0.380 e. The van der Waals surface area contributed by atoms with Crippen molar-refractivity contribution in [2.45, 2.75) is 32.9 Å². The molecule has 1 saturated heterocycles. The fraction of sp³-hybridized carbons (Fsp3) is 0.450. The van der Waals surface area contributed by atoms with E-state index in [-0.39, 0.29) is 11.7 Å². The number of likely N-dealkylation sites (tertiary alicyclic amines) is 1.